The number of rotatable bonds is 0. The lowest BCUT2D eigenvalue weighted by molar-refractivity contribution is 0.0190. The summed E-state index contributed by atoms with van der Waals surface area (Å²) in [4.78, 5) is 14.1. The van der Waals surface area contributed by atoms with Crippen LogP contribution < -0.4 is 0 Å². The van der Waals surface area contributed by atoms with E-state index < -0.39 is 0 Å². The van der Waals surface area contributed by atoms with Crippen molar-refractivity contribution in [2.24, 2.45) is 0 Å². The van der Waals surface area contributed by atoms with Gasteiger partial charge in [-0.2, -0.15) is 0 Å². The summed E-state index contributed by atoms with van der Waals surface area (Å²) in [5.74, 6) is 0. The Balaban J connectivity index is 2.31. The van der Waals surface area contributed by atoms with E-state index in [1.54, 1.807) is 19.0 Å². The Morgan fingerprint density at radius 1 is 1.60 bits per heavy atom. The molecule has 10 heavy (non-hydrogen) atoms. The lowest BCUT2D eigenvalue weighted by atomic mass is 10.2. The first-order chi connectivity index (χ1) is 4.61. The van der Waals surface area contributed by atoms with E-state index in [0.29, 0.717) is 13.1 Å². The van der Waals surface area contributed by atoms with E-state index in [2.05, 4.69) is 0 Å². The molecule has 0 bridgehead atoms. The molecule has 0 aromatic heterocycles. The Morgan fingerprint density at radius 2 is 2.10 bits per heavy atom. The van der Waals surface area contributed by atoms with Gasteiger partial charge in [0, 0.05) is 14.1 Å². The van der Waals surface area contributed by atoms with E-state index in [1.807, 2.05) is 0 Å². The van der Waals surface area contributed by atoms with Gasteiger partial charge in [-0.15, -0.1) is 0 Å². The van der Waals surface area contributed by atoms with Crippen LogP contribution in [0.5, 0.6) is 0 Å². The van der Waals surface area contributed by atoms with Gasteiger partial charge in [0.05, 0.1) is 19.2 Å². The van der Waals surface area contributed by atoms with E-state index in [4.69, 9.17) is 5.11 Å². The third kappa shape index (κ3) is 1.21. The summed E-state index contributed by atoms with van der Waals surface area (Å²) in [5, 5.41) is 8.84. The van der Waals surface area contributed by atoms with Gasteiger partial charge in [-0.25, -0.2) is 4.79 Å². The van der Waals surface area contributed by atoms with Crippen molar-refractivity contribution in [2.75, 3.05) is 27.2 Å². The lowest BCUT2D eigenvalue weighted by Gasteiger charge is -2.37. The molecule has 1 saturated heterocycles. The largest absolute Gasteiger partial charge is 0.389 e. The van der Waals surface area contributed by atoms with Gasteiger partial charge in [0.25, 0.3) is 0 Å². The lowest BCUT2D eigenvalue weighted by Crippen LogP contribution is -2.56. The molecular formula is C6H12N2O2. The zero-order chi connectivity index (χ0) is 7.72. The van der Waals surface area contributed by atoms with Crippen LogP contribution in [0.2, 0.25) is 0 Å². The van der Waals surface area contributed by atoms with Crippen molar-refractivity contribution in [3.63, 3.8) is 0 Å². The second-order valence-electron chi connectivity index (χ2n) is 2.74. The average molecular weight is 144 g/mol. The van der Waals surface area contributed by atoms with E-state index in [-0.39, 0.29) is 12.1 Å². The quantitative estimate of drug-likeness (QED) is 0.490. The molecule has 0 saturated carbocycles. The minimum Gasteiger partial charge on any atom is -0.389 e. The highest BCUT2D eigenvalue weighted by Gasteiger charge is 2.29. The third-order valence-corrected chi connectivity index (χ3v) is 1.52. The minimum atomic E-state index is -0.302. The first-order valence-electron chi connectivity index (χ1n) is 3.25. The van der Waals surface area contributed by atoms with Crippen molar-refractivity contribution >= 4 is 6.03 Å². The smallest absolute Gasteiger partial charge is 0.319 e. The second-order valence-corrected chi connectivity index (χ2v) is 2.74. The molecule has 0 aromatic carbocycles. The Hall–Kier alpha value is -0.770. The fourth-order valence-electron chi connectivity index (χ4n) is 0.894. The molecule has 0 unspecified atom stereocenters. The normalized spacial score (nSPS) is 18.5. The van der Waals surface area contributed by atoms with Gasteiger partial charge in [-0.05, 0) is 0 Å². The fraction of sp³-hybridized carbons (Fsp3) is 0.833. The van der Waals surface area contributed by atoms with Gasteiger partial charge in [-0.1, -0.05) is 0 Å². The highest BCUT2D eigenvalue weighted by Crippen LogP contribution is 2.08. The first kappa shape index (κ1) is 7.34. The number of carbonyl (C=O) groups is 1. The summed E-state index contributed by atoms with van der Waals surface area (Å²) in [6, 6.07) is -0.0229. The molecule has 0 spiro atoms. The molecule has 1 aliphatic rings. The van der Waals surface area contributed by atoms with Crippen molar-refractivity contribution in [1.82, 2.24) is 9.80 Å². The molecule has 4 nitrogen and oxygen atoms in total. The predicted molar refractivity (Wildman–Crippen MR) is 36.7 cm³/mol. The summed E-state index contributed by atoms with van der Waals surface area (Å²) in [6.07, 6.45) is -0.302. The fourth-order valence-corrected chi connectivity index (χ4v) is 0.894. The number of amides is 2. The number of hydrogen-bond donors (Lipinski definition) is 1. The number of hydrogen-bond acceptors (Lipinski definition) is 2. The van der Waals surface area contributed by atoms with Crippen LogP contribution in [0, 0.1) is 0 Å². The van der Waals surface area contributed by atoms with Crippen LogP contribution in [-0.4, -0.2) is 54.2 Å². The van der Waals surface area contributed by atoms with Crippen molar-refractivity contribution in [3.8, 4) is 0 Å². The average Bonchev–Trinajstić information content (AvgIpc) is 1.79. The zero-order valence-electron chi connectivity index (χ0n) is 6.24. The molecule has 0 radical (unpaired) electrons. The van der Waals surface area contributed by atoms with Crippen molar-refractivity contribution in [1.29, 1.82) is 0 Å². The Kier molecular flexibility index (Phi) is 1.80. The summed E-state index contributed by atoms with van der Waals surface area (Å²) >= 11 is 0. The number of β-amino-alcohol motifs (C(OH)–C–C–N with tert-alkyl or cyclic N) is 1. The van der Waals surface area contributed by atoms with Gasteiger partial charge in [0.15, 0.2) is 0 Å². The minimum absolute atomic E-state index is 0.0229. The van der Waals surface area contributed by atoms with Gasteiger partial charge in [-0.3, -0.25) is 0 Å². The molecule has 4 heteroatoms. The highest BCUT2D eigenvalue weighted by molar-refractivity contribution is 5.74. The van der Waals surface area contributed by atoms with E-state index in [0.717, 1.165) is 0 Å². The van der Waals surface area contributed by atoms with Crippen LogP contribution in [0.25, 0.3) is 0 Å². The van der Waals surface area contributed by atoms with Crippen LogP contribution >= 0.6 is 0 Å². The monoisotopic (exact) mass is 144 g/mol. The third-order valence-electron chi connectivity index (χ3n) is 1.52. The molecule has 1 aliphatic heterocycles. The summed E-state index contributed by atoms with van der Waals surface area (Å²) < 4.78 is 0. The van der Waals surface area contributed by atoms with Crippen LogP contribution in [0.4, 0.5) is 4.79 Å². The zero-order valence-corrected chi connectivity index (χ0v) is 6.24. The molecule has 0 aliphatic carbocycles. The molecular weight excluding hydrogens is 132 g/mol. The number of likely N-dealkylation sites (tertiary alicyclic amines) is 1. The number of carbonyl (C=O) groups excluding carboxylic acids is 1. The molecule has 1 fully saturated rings. The Labute approximate surface area is 60.0 Å². The molecule has 58 valence electrons. The highest BCUT2D eigenvalue weighted by atomic mass is 16.3. The van der Waals surface area contributed by atoms with Crippen molar-refractivity contribution in [2.45, 2.75) is 6.10 Å². The predicted octanol–water partition coefficient (Wildman–Crippen LogP) is -0.656. The number of aliphatic hydroxyl groups is 1. The SMILES string of the molecule is CN(C)C(=O)N1CC(O)C1. The van der Waals surface area contributed by atoms with E-state index >= 15 is 0 Å². The second kappa shape index (κ2) is 2.46. The molecule has 1 heterocycles. The Bertz CT molecular complexity index is 141. The number of nitrogens with zero attached hydrogens (tertiary/aromatic N) is 2. The topological polar surface area (TPSA) is 43.8 Å². The maximum Gasteiger partial charge on any atom is 0.319 e. The molecule has 0 aromatic rings. The molecule has 1 N–H and O–H groups in total. The van der Waals surface area contributed by atoms with Gasteiger partial charge in [0.2, 0.25) is 0 Å². The van der Waals surface area contributed by atoms with Crippen LogP contribution in [-0.2, 0) is 0 Å². The van der Waals surface area contributed by atoms with Crippen LogP contribution in [0.15, 0.2) is 0 Å². The maximum absolute atomic E-state index is 11.0. The molecule has 0 atom stereocenters. The van der Waals surface area contributed by atoms with E-state index in [9.17, 15) is 4.79 Å². The maximum atomic E-state index is 11.0. The van der Waals surface area contributed by atoms with Crippen molar-refractivity contribution in [3.05, 3.63) is 0 Å². The standard InChI is InChI=1S/C6H12N2O2/c1-7(2)6(10)8-3-5(9)4-8/h5,9H,3-4H2,1-2H3. The van der Waals surface area contributed by atoms with Gasteiger partial charge < -0.3 is 14.9 Å². The Morgan fingerprint density at radius 3 is 2.40 bits per heavy atom. The van der Waals surface area contributed by atoms with Gasteiger partial charge in [0.1, 0.15) is 0 Å². The summed E-state index contributed by atoms with van der Waals surface area (Å²) in [5.41, 5.74) is 0. The molecule has 2 amide bonds. The van der Waals surface area contributed by atoms with E-state index in [1.165, 1.54) is 4.90 Å². The van der Waals surface area contributed by atoms with Gasteiger partial charge >= 0.3 is 6.03 Å². The number of aliphatic hydroxyl groups excluding tert-OH is 1. The summed E-state index contributed by atoms with van der Waals surface area (Å²) in [7, 11) is 3.40. The first-order valence-corrected chi connectivity index (χ1v) is 3.25. The van der Waals surface area contributed by atoms with Crippen LogP contribution in [0.1, 0.15) is 0 Å². The van der Waals surface area contributed by atoms with Crippen molar-refractivity contribution < 1.29 is 9.90 Å². The summed E-state index contributed by atoms with van der Waals surface area (Å²) in [6.45, 7) is 0.966. The van der Waals surface area contributed by atoms with Crippen LogP contribution in [0.3, 0.4) is 0 Å². The molecule has 1 rings (SSSR count). The number of urea groups is 1.